The summed E-state index contributed by atoms with van der Waals surface area (Å²) in [6, 6.07) is 0.244. The molecule has 1 aliphatic heterocycles. The molecule has 2 aliphatic rings. The molecular formula is C11H20N2O3. The van der Waals surface area contributed by atoms with Crippen molar-refractivity contribution in [3.63, 3.8) is 0 Å². The molecule has 0 bridgehead atoms. The van der Waals surface area contributed by atoms with Crippen LogP contribution in [0.4, 0.5) is 0 Å². The third-order valence-corrected chi connectivity index (χ3v) is 3.52. The smallest absolute Gasteiger partial charge is 0.287 e. The van der Waals surface area contributed by atoms with Crippen LogP contribution < -0.4 is 0 Å². The van der Waals surface area contributed by atoms with Crippen LogP contribution in [0.1, 0.15) is 19.8 Å². The van der Waals surface area contributed by atoms with Crippen LogP contribution in [0, 0.1) is 5.92 Å². The molecule has 1 aliphatic carbocycles. The Bertz CT molecular complexity index is 293. The van der Waals surface area contributed by atoms with Crippen molar-refractivity contribution in [3.8, 4) is 0 Å². The lowest BCUT2D eigenvalue weighted by Crippen LogP contribution is -2.51. The highest BCUT2D eigenvalue weighted by Crippen LogP contribution is 2.34. The van der Waals surface area contributed by atoms with Crippen molar-refractivity contribution in [1.29, 1.82) is 0 Å². The van der Waals surface area contributed by atoms with Crippen LogP contribution in [-0.2, 0) is 4.74 Å². The molecule has 1 heterocycles. The lowest BCUT2D eigenvalue weighted by Gasteiger charge is -2.37. The van der Waals surface area contributed by atoms with Crippen molar-refractivity contribution in [2.45, 2.75) is 44.1 Å². The third kappa shape index (κ3) is 1.78. The van der Waals surface area contributed by atoms with Gasteiger partial charge in [0.05, 0.1) is 6.10 Å². The average molecular weight is 228 g/mol. The highest BCUT2D eigenvalue weighted by Gasteiger charge is 2.47. The van der Waals surface area contributed by atoms with Gasteiger partial charge in [-0.3, -0.25) is 0 Å². The van der Waals surface area contributed by atoms with Crippen LogP contribution in [0.2, 0.25) is 0 Å². The van der Waals surface area contributed by atoms with Gasteiger partial charge in [-0.2, -0.15) is 0 Å². The highest BCUT2D eigenvalue weighted by atomic mass is 16.5. The molecule has 0 amide bonds. The Hall–Kier alpha value is -0.810. The van der Waals surface area contributed by atoms with E-state index in [-0.39, 0.29) is 18.1 Å². The summed E-state index contributed by atoms with van der Waals surface area (Å²) in [5.74, 6) is 0.105. The quantitative estimate of drug-likeness (QED) is 0.653. The Morgan fingerprint density at radius 1 is 1.38 bits per heavy atom. The molecule has 0 saturated heterocycles. The molecule has 2 N–H and O–H groups in total. The Labute approximate surface area is 95.7 Å². The van der Waals surface area contributed by atoms with Gasteiger partial charge >= 0.3 is 0 Å². The Kier molecular flexibility index (Phi) is 3.08. The summed E-state index contributed by atoms with van der Waals surface area (Å²) >= 11 is 0. The molecule has 92 valence electrons. The summed E-state index contributed by atoms with van der Waals surface area (Å²) < 4.78 is 5.68. The lowest BCUT2D eigenvalue weighted by molar-refractivity contribution is -0.0849. The molecule has 1 fully saturated rings. The fourth-order valence-electron chi connectivity index (χ4n) is 2.48. The zero-order valence-electron chi connectivity index (χ0n) is 10.00. The van der Waals surface area contributed by atoms with Crippen molar-refractivity contribution >= 4 is 6.02 Å². The van der Waals surface area contributed by atoms with Gasteiger partial charge in [-0.15, -0.1) is 0 Å². The monoisotopic (exact) mass is 228 g/mol. The van der Waals surface area contributed by atoms with Gasteiger partial charge in [0.2, 0.25) is 0 Å². The summed E-state index contributed by atoms with van der Waals surface area (Å²) in [5.41, 5.74) is 0. The lowest BCUT2D eigenvalue weighted by atomic mass is 9.78. The van der Waals surface area contributed by atoms with Crippen molar-refractivity contribution < 1.29 is 14.9 Å². The van der Waals surface area contributed by atoms with E-state index in [1.54, 1.807) is 4.90 Å². The summed E-state index contributed by atoms with van der Waals surface area (Å²) in [5, 5.41) is 19.9. The average Bonchev–Trinajstić information content (AvgIpc) is 2.67. The van der Waals surface area contributed by atoms with E-state index in [1.165, 1.54) is 0 Å². The number of hydrogen-bond acceptors (Lipinski definition) is 5. The maximum atomic E-state index is 9.99. The first-order chi connectivity index (χ1) is 7.54. The van der Waals surface area contributed by atoms with Crippen molar-refractivity contribution in [2.75, 3.05) is 14.1 Å². The van der Waals surface area contributed by atoms with Crippen LogP contribution >= 0.6 is 0 Å². The molecule has 5 atom stereocenters. The Morgan fingerprint density at radius 2 is 2.06 bits per heavy atom. The molecule has 2 rings (SSSR count). The van der Waals surface area contributed by atoms with Crippen molar-refractivity contribution in [3.05, 3.63) is 0 Å². The molecule has 0 aromatic heterocycles. The van der Waals surface area contributed by atoms with E-state index in [0.717, 1.165) is 12.8 Å². The van der Waals surface area contributed by atoms with E-state index in [1.807, 2.05) is 21.0 Å². The number of fused-ring (bicyclic) bond motifs is 1. The van der Waals surface area contributed by atoms with Gasteiger partial charge in [0.15, 0.2) is 0 Å². The number of ether oxygens (including phenoxy) is 1. The fourth-order valence-corrected chi connectivity index (χ4v) is 2.48. The molecule has 5 heteroatoms. The summed E-state index contributed by atoms with van der Waals surface area (Å²) in [6.45, 7) is 2.02. The second-order valence-electron chi connectivity index (χ2n) is 4.84. The number of aliphatic imine (C=N–C) groups is 1. The topological polar surface area (TPSA) is 65.3 Å². The zero-order chi connectivity index (χ0) is 11.9. The molecule has 1 saturated carbocycles. The second-order valence-corrected chi connectivity index (χ2v) is 4.84. The number of hydrogen-bond donors (Lipinski definition) is 2. The zero-order valence-corrected chi connectivity index (χ0v) is 10.00. The molecule has 0 unspecified atom stereocenters. The SMILES string of the molecule is CC[C@@H]1C[C@H]2OC(N(C)C)=N[C@H]2[C@H](O)[C@H]1O. The standard InChI is InChI=1S/C11H20N2O3/c1-4-6-5-7-8(10(15)9(6)14)12-11(16-7)13(2)3/h6-10,14-15H,4-5H2,1-3H3/t6-,7-,8-,9+,10+/m1/s1. The van der Waals surface area contributed by atoms with Crippen molar-refractivity contribution in [1.82, 2.24) is 4.90 Å². The van der Waals surface area contributed by atoms with Gasteiger partial charge in [-0.05, 0) is 12.3 Å². The number of aliphatic hydroxyl groups excluding tert-OH is 2. The van der Waals surface area contributed by atoms with Crippen LogP contribution in [-0.4, -0.2) is 59.6 Å². The molecule has 0 spiro atoms. The summed E-state index contributed by atoms with van der Waals surface area (Å²) in [6.07, 6.45) is 0.0458. The van der Waals surface area contributed by atoms with Crippen LogP contribution in [0.3, 0.4) is 0 Å². The van der Waals surface area contributed by atoms with Crippen LogP contribution in [0.15, 0.2) is 4.99 Å². The summed E-state index contributed by atoms with van der Waals surface area (Å²) in [7, 11) is 3.71. The van der Waals surface area contributed by atoms with Gasteiger partial charge in [0.1, 0.15) is 18.2 Å². The summed E-state index contributed by atoms with van der Waals surface area (Å²) in [4.78, 5) is 6.11. The van der Waals surface area contributed by atoms with Crippen molar-refractivity contribution in [2.24, 2.45) is 10.9 Å². The predicted molar refractivity (Wildman–Crippen MR) is 60.2 cm³/mol. The fraction of sp³-hybridized carbons (Fsp3) is 0.909. The predicted octanol–water partition coefficient (Wildman–Crippen LogP) is -0.177. The van der Waals surface area contributed by atoms with Gasteiger partial charge < -0.3 is 19.8 Å². The molecule has 0 aromatic rings. The second kappa shape index (κ2) is 4.22. The molecule has 16 heavy (non-hydrogen) atoms. The van der Waals surface area contributed by atoms with E-state index < -0.39 is 12.2 Å². The molecule has 5 nitrogen and oxygen atoms in total. The normalized spacial score (nSPS) is 42.3. The van der Waals surface area contributed by atoms with E-state index in [0.29, 0.717) is 6.02 Å². The largest absolute Gasteiger partial charge is 0.459 e. The molecular weight excluding hydrogens is 208 g/mol. The van der Waals surface area contributed by atoms with E-state index in [2.05, 4.69) is 4.99 Å². The maximum absolute atomic E-state index is 9.99. The number of nitrogens with zero attached hydrogens (tertiary/aromatic N) is 2. The number of amidine groups is 1. The first-order valence-corrected chi connectivity index (χ1v) is 5.82. The Balaban J connectivity index is 2.14. The minimum Gasteiger partial charge on any atom is -0.459 e. The van der Waals surface area contributed by atoms with Crippen LogP contribution in [0.5, 0.6) is 0 Å². The molecule has 0 radical (unpaired) electrons. The first kappa shape index (κ1) is 11.7. The van der Waals surface area contributed by atoms with Gasteiger partial charge in [0.25, 0.3) is 6.02 Å². The van der Waals surface area contributed by atoms with E-state index in [4.69, 9.17) is 4.74 Å². The number of aliphatic hydroxyl groups is 2. The van der Waals surface area contributed by atoms with Gasteiger partial charge in [0, 0.05) is 14.1 Å². The van der Waals surface area contributed by atoms with E-state index in [9.17, 15) is 10.2 Å². The maximum Gasteiger partial charge on any atom is 0.287 e. The highest BCUT2D eigenvalue weighted by molar-refractivity contribution is 5.75. The van der Waals surface area contributed by atoms with Gasteiger partial charge in [-0.1, -0.05) is 13.3 Å². The Morgan fingerprint density at radius 3 is 2.62 bits per heavy atom. The minimum absolute atomic E-state index is 0.0826. The van der Waals surface area contributed by atoms with Crippen LogP contribution in [0.25, 0.3) is 0 Å². The molecule has 0 aromatic carbocycles. The third-order valence-electron chi connectivity index (χ3n) is 3.52. The van der Waals surface area contributed by atoms with Gasteiger partial charge in [-0.25, -0.2) is 4.99 Å². The minimum atomic E-state index is -0.804. The number of rotatable bonds is 1. The van der Waals surface area contributed by atoms with E-state index >= 15 is 0 Å². The first-order valence-electron chi connectivity index (χ1n) is 5.82.